The van der Waals surface area contributed by atoms with Gasteiger partial charge in [0, 0.05) is 17.9 Å². The predicted octanol–water partition coefficient (Wildman–Crippen LogP) is 3.92. The quantitative estimate of drug-likeness (QED) is 0.930. The number of ether oxygens (including phenoxy) is 1. The average molecular weight is 295 g/mol. The summed E-state index contributed by atoms with van der Waals surface area (Å²) >= 11 is 7.75. The van der Waals surface area contributed by atoms with Gasteiger partial charge in [0.25, 0.3) is 0 Å². The number of benzene rings is 1. The van der Waals surface area contributed by atoms with E-state index < -0.39 is 6.10 Å². The van der Waals surface area contributed by atoms with Crippen molar-refractivity contribution in [2.45, 2.75) is 25.9 Å². The van der Waals surface area contributed by atoms with Gasteiger partial charge in [-0.05, 0) is 52.1 Å². The van der Waals surface area contributed by atoms with Crippen LogP contribution in [0.25, 0.3) is 0 Å². The second-order valence-electron chi connectivity index (χ2n) is 4.88. The molecule has 2 heterocycles. The Morgan fingerprint density at radius 1 is 1.42 bits per heavy atom. The zero-order chi connectivity index (χ0) is 13.4. The van der Waals surface area contributed by atoms with E-state index >= 15 is 0 Å². The zero-order valence-electron chi connectivity index (χ0n) is 10.6. The first kappa shape index (κ1) is 13.0. The molecule has 0 spiro atoms. The van der Waals surface area contributed by atoms with Crippen LogP contribution in [0, 0.1) is 6.92 Å². The first-order chi connectivity index (χ1) is 9.15. The van der Waals surface area contributed by atoms with Crippen molar-refractivity contribution in [1.82, 2.24) is 0 Å². The van der Waals surface area contributed by atoms with Gasteiger partial charge in [-0.3, -0.25) is 0 Å². The summed E-state index contributed by atoms with van der Waals surface area (Å²) in [7, 11) is 0. The molecular weight excluding hydrogens is 280 g/mol. The van der Waals surface area contributed by atoms with Gasteiger partial charge in [0.05, 0.1) is 12.7 Å². The van der Waals surface area contributed by atoms with Crippen LogP contribution in [-0.4, -0.2) is 11.7 Å². The standard InChI is InChI=1S/C15H15ClO2S/c1-9-7-19-8-13(9)14(17)6-11-5-12(16)4-10-2-3-18-15(10)11/h4-5,7-8,14,17H,2-3,6H2,1H3. The molecule has 0 saturated heterocycles. The molecule has 1 aromatic heterocycles. The Labute approximate surface area is 121 Å². The number of aliphatic hydroxyl groups excluding tert-OH is 1. The third-order valence-electron chi connectivity index (χ3n) is 3.49. The molecule has 2 nitrogen and oxygen atoms in total. The van der Waals surface area contributed by atoms with Crippen LogP contribution in [0.2, 0.25) is 5.02 Å². The van der Waals surface area contributed by atoms with E-state index in [1.807, 2.05) is 24.4 Å². The lowest BCUT2D eigenvalue weighted by Gasteiger charge is -2.14. The van der Waals surface area contributed by atoms with E-state index in [0.29, 0.717) is 18.1 Å². The molecule has 2 aromatic rings. The van der Waals surface area contributed by atoms with Crippen molar-refractivity contribution in [1.29, 1.82) is 0 Å². The molecule has 1 N–H and O–H groups in total. The maximum absolute atomic E-state index is 10.4. The fourth-order valence-electron chi connectivity index (χ4n) is 2.53. The fourth-order valence-corrected chi connectivity index (χ4v) is 3.69. The summed E-state index contributed by atoms with van der Waals surface area (Å²) in [5, 5.41) is 15.1. The topological polar surface area (TPSA) is 29.5 Å². The molecule has 0 aliphatic carbocycles. The second kappa shape index (κ2) is 5.16. The van der Waals surface area contributed by atoms with E-state index in [0.717, 1.165) is 34.4 Å². The minimum absolute atomic E-state index is 0.502. The Morgan fingerprint density at radius 3 is 3.00 bits per heavy atom. The minimum Gasteiger partial charge on any atom is -0.493 e. The van der Waals surface area contributed by atoms with Crippen LogP contribution < -0.4 is 4.74 Å². The Bertz CT molecular complexity index is 606. The summed E-state index contributed by atoms with van der Waals surface area (Å²) in [6.45, 7) is 2.73. The van der Waals surface area contributed by atoms with Gasteiger partial charge in [-0.15, -0.1) is 0 Å². The molecule has 4 heteroatoms. The highest BCUT2D eigenvalue weighted by molar-refractivity contribution is 7.08. The van der Waals surface area contributed by atoms with Crippen molar-refractivity contribution in [3.8, 4) is 5.75 Å². The molecule has 1 atom stereocenters. The SMILES string of the molecule is Cc1cscc1C(O)Cc1cc(Cl)cc2c1OCC2. The first-order valence-electron chi connectivity index (χ1n) is 6.30. The molecule has 100 valence electrons. The molecule has 1 aliphatic heterocycles. The van der Waals surface area contributed by atoms with Gasteiger partial charge in [0.1, 0.15) is 5.75 Å². The Balaban J connectivity index is 1.90. The Hall–Kier alpha value is -1.03. The molecule has 0 radical (unpaired) electrons. The van der Waals surface area contributed by atoms with Gasteiger partial charge in [-0.2, -0.15) is 11.3 Å². The number of fused-ring (bicyclic) bond motifs is 1. The van der Waals surface area contributed by atoms with Crippen LogP contribution in [0.15, 0.2) is 22.9 Å². The van der Waals surface area contributed by atoms with Crippen LogP contribution in [0.3, 0.4) is 0 Å². The number of aliphatic hydroxyl groups is 1. The lowest BCUT2D eigenvalue weighted by molar-refractivity contribution is 0.177. The molecule has 1 unspecified atom stereocenters. The van der Waals surface area contributed by atoms with Gasteiger partial charge in [-0.1, -0.05) is 11.6 Å². The van der Waals surface area contributed by atoms with Crippen LogP contribution in [0.1, 0.15) is 28.4 Å². The van der Waals surface area contributed by atoms with Crippen LogP contribution in [-0.2, 0) is 12.8 Å². The zero-order valence-corrected chi connectivity index (χ0v) is 12.2. The molecule has 1 aromatic carbocycles. The van der Waals surface area contributed by atoms with E-state index in [2.05, 4.69) is 5.38 Å². The largest absolute Gasteiger partial charge is 0.493 e. The Kier molecular flexibility index (Phi) is 3.52. The molecule has 0 fully saturated rings. The van der Waals surface area contributed by atoms with Gasteiger partial charge < -0.3 is 9.84 Å². The second-order valence-corrected chi connectivity index (χ2v) is 6.06. The van der Waals surface area contributed by atoms with Crippen LogP contribution in [0.4, 0.5) is 0 Å². The number of hydrogen-bond donors (Lipinski definition) is 1. The number of aryl methyl sites for hydroxylation is 1. The number of hydrogen-bond acceptors (Lipinski definition) is 3. The summed E-state index contributed by atoms with van der Waals surface area (Å²) < 4.78 is 5.67. The van der Waals surface area contributed by atoms with Crippen molar-refractivity contribution in [3.05, 3.63) is 50.2 Å². The first-order valence-corrected chi connectivity index (χ1v) is 7.62. The summed E-state index contributed by atoms with van der Waals surface area (Å²) in [5.74, 6) is 0.913. The van der Waals surface area contributed by atoms with Crippen molar-refractivity contribution in [2.75, 3.05) is 6.61 Å². The van der Waals surface area contributed by atoms with Gasteiger partial charge in [0.15, 0.2) is 0 Å². The fraction of sp³-hybridized carbons (Fsp3) is 0.333. The van der Waals surface area contributed by atoms with E-state index in [9.17, 15) is 5.11 Å². The molecule has 19 heavy (non-hydrogen) atoms. The van der Waals surface area contributed by atoms with Crippen molar-refractivity contribution < 1.29 is 9.84 Å². The highest BCUT2D eigenvalue weighted by atomic mass is 35.5. The smallest absolute Gasteiger partial charge is 0.126 e. The molecule has 1 aliphatic rings. The third-order valence-corrected chi connectivity index (χ3v) is 4.59. The van der Waals surface area contributed by atoms with Crippen molar-refractivity contribution in [3.63, 3.8) is 0 Å². The number of rotatable bonds is 3. The average Bonchev–Trinajstić information content (AvgIpc) is 2.97. The van der Waals surface area contributed by atoms with Gasteiger partial charge in [-0.25, -0.2) is 0 Å². The number of halogens is 1. The van der Waals surface area contributed by atoms with Gasteiger partial charge >= 0.3 is 0 Å². The number of thiophene rings is 1. The van der Waals surface area contributed by atoms with Crippen LogP contribution >= 0.6 is 22.9 Å². The van der Waals surface area contributed by atoms with Crippen LogP contribution in [0.5, 0.6) is 5.75 Å². The molecule has 0 saturated carbocycles. The summed E-state index contributed by atoms with van der Waals surface area (Å²) in [5.41, 5.74) is 4.28. The highest BCUT2D eigenvalue weighted by Gasteiger charge is 2.21. The lowest BCUT2D eigenvalue weighted by atomic mass is 9.98. The summed E-state index contributed by atoms with van der Waals surface area (Å²) in [6, 6.07) is 3.85. The summed E-state index contributed by atoms with van der Waals surface area (Å²) in [4.78, 5) is 0. The van der Waals surface area contributed by atoms with Gasteiger partial charge in [0.2, 0.25) is 0 Å². The van der Waals surface area contributed by atoms with E-state index in [-0.39, 0.29) is 0 Å². The molecule has 3 rings (SSSR count). The lowest BCUT2D eigenvalue weighted by Crippen LogP contribution is -2.03. The van der Waals surface area contributed by atoms with Crippen molar-refractivity contribution in [2.24, 2.45) is 0 Å². The Morgan fingerprint density at radius 2 is 2.26 bits per heavy atom. The summed E-state index contributed by atoms with van der Waals surface area (Å²) in [6.07, 6.45) is 0.940. The minimum atomic E-state index is -0.502. The highest BCUT2D eigenvalue weighted by Crippen LogP contribution is 2.36. The van der Waals surface area contributed by atoms with Crippen molar-refractivity contribution >= 4 is 22.9 Å². The van der Waals surface area contributed by atoms with E-state index in [1.54, 1.807) is 11.3 Å². The normalized spacial score (nSPS) is 15.1. The molecule has 0 amide bonds. The predicted molar refractivity (Wildman–Crippen MR) is 78.4 cm³/mol. The molecule has 0 bridgehead atoms. The maximum Gasteiger partial charge on any atom is 0.126 e. The third kappa shape index (κ3) is 2.50. The maximum atomic E-state index is 10.4. The van der Waals surface area contributed by atoms with E-state index in [4.69, 9.17) is 16.3 Å². The monoisotopic (exact) mass is 294 g/mol. The van der Waals surface area contributed by atoms with E-state index in [1.165, 1.54) is 0 Å². The molecular formula is C15H15ClO2S.